The average Bonchev–Trinajstić information content (AvgIpc) is 3.60. The first-order valence-electron chi connectivity index (χ1n) is 19.1. The first kappa shape index (κ1) is 30.9. The van der Waals surface area contributed by atoms with E-state index in [0.717, 1.165) is 0 Å². The fourth-order valence-electron chi connectivity index (χ4n) is 9.93. The predicted octanol–water partition coefficient (Wildman–Crippen LogP) is 12.0. The lowest BCUT2D eigenvalue weighted by molar-refractivity contribution is 0.735. The van der Waals surface area contributed by atoms with Gasteiger partial charge in [-0.2, -0.15) is 0 Å². The van der Waals surface area contributed by atoms with E-state index < -0.39 is 13.3 Å². The summed E-state index contributed by atoms with van der Waals surface area (Å²) >= 11 is 0. The number of aromatic nitrogens is 1. The maximum atomic E-state index is 2.55. The van der Waals surface area contributed by atoms with Gasteiger partial charge in [0.1, 0.15) is 0 Å². The van der Waals surface area contributed by atoms with Gasteiger partial charge in [-0.1, -0.05) is 188 Å². The van der Waals surface area contributed by atoms with Crippen LogP contribution in [-0.4, -0.2) is 4.57 Å². The summed E-state index contributed by atoms with van der Waals surface area (Å²) in [6.45, 7) is 0. The van der Waals surface area contributed by atoms with Crippen LogP contribution in [0.1, 0.15) is 22.3 Å². The van der Waals surface area contributed by atoms with E-state index in [1.807, 2.05) is 0 Å². The number of hydrogen-bond acceptors (Lipinski definition) is 0. The molecule has 3 heterocycles. The van der Waals surface area contributed by atoms with E-state index in [4.69, 9.17) is 0 Å². The molecule has 55 heavy (non-hydrogen) atoms. The Bertz CT molecular complexity index is 3150. The summed E-state index contributed by atoms with van der Waals surface area (Å²) in [6.07, 6.45) is 0. The van der Waals surface area contributed by atoms with Crippen molar-refractivity contribution in [3.8, 4) is 27.9 Å². The molecule has 9 aromatic carbocycles. The maximum Gasteiger partial charge on any atom is 0.0755 e. The van der Waals surface area contributed by atoms with Gasteiger partial charge in [-0.25, -0.2) is 0 Å². The zero-order valence-corrected chi connectivity index (χ0v) is 30.9. The van der Waals surface area contributed by atoms with Crippen LogP contribution in [0.15, 0.2) is 206 Å². The number of fused-ring (bicyclic) bond motifs is 12. The Kier molecular flexibility index (Phi) is 6.59. The first-order valence-corrected chi connectivity index (χ1v) is 20.5. The van der Waals surface area contributed by atoms with Gasteiger partial charge in [0.05, 0.1) is 22.1 Å². The molecule has 2 unspecified atom stereocenters. The second-order valence-corrected chi connectivity index (χ2v) is 17.0. The van der Waals surface area contributed by atoms with Crippen LogP contribution in [0, 0.1) is 0 Å². The second-order valence-electron chi connectivity index (χ2n) is 14.8. The quantitative estimate of drug-likeness (QED) is 0.161. The Morgan fingerprint density at radius 2 is 1.00 bits per heavy atom. The van der Waals surface area contributed by atoms with Crippen LogP contribution < -0.4 is 15.9 Å². The van der Waals surface area contributed by atoms with Crippen molar-refractivity contribution >= 4 is 56.4 Å². The van der Waals surface area contributed by atoms with Gasteiger partial charge in [0.15, 0.2) is 0 Å². The van der Waals surface area contributed by atoms with Crippen molar-refractivity contribution in [2.45, 2.75) is 5.41 Å². The van der Waals surface area contributed by atoms with Crippen molar-refractivity contribution in [1.29, 1.82) is 0 Å². The normalized spacial score (nSPS) is 16.6. The summed E-state index contributed by atoms with van der Waals surface area (Å²) in [5, 5.41) is 9.38. The molecular weight excluding hydrogens is 682 g/mol. The minimum atomic E-state index is -0.825. The van der Waals surface area contributed by atoms with Crippen molar-refractivity contribution in [2.75, 3.05) is 0 Å². The summed E-state index contributed by atoms with van der Waals surface area (Å²) in [6, 6.07) is 77.6. The molecule has 0 fully saturated rings. The van der Waals surface area contributed by atoms with Crippen molar-refractivity contribution in [2.24, 2.45) is 0 Å². The topological polar surface area (TPSA) is 4.93 Å². The number of benzene rings is 9. The van der Waals surface area contributed by atoms with Crippen LogP contribution in [0.2, 0.25) is 0 Å². The zero-order valence-electron chi connectivity index (χ0n) is 30.0. The number of rotatable bonds is 3. The molecule has 1 aromatic heterocycles. The summed E-state index contributed by atoms with van der Waals surface area (Å²) < 4.78 is 2.54. The third-order valence-electron chi connectivity index (χ3n) is 12.2. The molecule has 256 valence electrons. The number of para-hydroxylation sites is 3. The number of nitrogens with zero attached hydrogens (tertiary/aromatic N) is 1. The molecule has 0 amide bonds. The van der Waals surface area contributed by atoms with Crippen molar-refractivity contribution in [1.82, 2.24) is 4.57 Å². The summed E-state index contributed by atoms with van der Waals surface area (Å²) in [7, 11) is -0.825. The third-order valence-corrected chi connectivity index (χ3v) is 14.7. The van der Waals surface area contributed by atoms with Gasteiger partial charge in [-0.05, 0) is 97.3 Å². The van der Waals surface area contributed by atoms with E-state index in [9.17, 15) is 0 Å². The predicted molar refractivity (Wildman–Crippen MR) is 233 cm³/mol. The van der Waals surface area contributed by atoms with Crippen molar-refractivity contribution in [3.63, 3.8) is 0 Å². The highest BCUT2D eigenvalue weighted by atomic mass is 31.1. The van der Waals surface area contributed by atoms with Crippen LogP contribution in [0.4, 0.5) is 0 Å². The second kappa shape index (κ2) is 11.7. The van der Waals surface area contributed by atoms with E-state index in [1.54, 1.807) is 0 Å². The molecule has 2 aliphatic rings. The Morgan fingerprint density at radius 3 is 1.89 bits per heavy atom. The molecule has 0 aliphatic carbocycles. The van der Waals surface area contributed by atoms with Crippen molar-refractivity contribution in [3.05, 3.63) is 229 Å². The van der Waals surface area contributed by atoms with Gasteiger partial charge in [0, 0.05) is 10.8 Å². The lowest BCUT2D eigenvalue weighted by atomic mass is 9.62. The molecular formula is C53H34NP. The Balaban J connectivity index is 1.16. The lowest BCUT2D eigenvalue weighted by Gasteiger charge is -2.48. The highest BCUT2D eigenvalue weighted by Crippen LogP contribution is 2.58. The molecule has 12 rings (SSSR count). The lowest BCUT2D eigenvalue weighted by Crippen LogP contribution is -2.47. The fourth-order valence-corrected chi connectivity index (χ4v) is 12.6. The van der Waals surface area contributed by atoms with E-state index in [0.29, 0.717) is 0 Å². The molecule has 0 N–H and O–H groups in total. The highest BCUT2D eigenvalue weighted by molar-refractivity contribution is 7.80. The monoisotopic (exact) mass is 715 g/mol. The van der Waals surface area contributed by atoms with E-state index >= 15 is 0 Å². The van der Waals surface area contributed by atoms with Gasteiger partial charge in [0.2, 0.25) is 0 Å². The molecule has 10 aromatic rings. The summed E-state index contributed by atoms with van der Waals surface area (Å²) in [5.74, 6) is 0. The van der Waals surface area contributed by atoms with Crippen LogP contribution in [0.5, 0.6) is 0 Å². The van der Waals surface area contributed by atoms with Crippen LogP contribution >= 0.6 is 7.92 Å². The Morgan fingerprint density at radius 1 is 0.382 bits per heavy atom. The van der Waals surface area contributed by atoms with Crippen LogP contribution in [0.3, 0.4) is 0 Å². The van der Waals surface area contributed by atoms with Gasteiger partial charge in [-0.3, -0.25) is 0 Å². The number of hydrogen-bond donors (Lipinski definition) is 0. The highest BCUT2D eigenvalue weighted by Gasteiger charge is 2.51. The molecule has 0 saturated heterocycles. The molecule has 2 atom stereocenters. The van der Waals surface area contributed by atoms with Crippen molar-refractivity contribution < 1.29 is 0 Å². The Hall–Kier alpha value is -6.53. The maximum absolute atomic E-state index is 2.55. The van der Waals surface area contributed by atoms with Gasteiger partial charge in [-0.15, -0.1) is 0 Å². The molecule has 1 nitrogen and oxygen atoms in total. The van der Waals surface area contributed by atoms with Crippen LogP contribution in [0.25, 0.3) is 60.5 Å². The zero-order chi connectivity index (χ0) is 36.1. The molecule has 2 aliphatic heterocycles. The smallest absolute Gasteiger partial charge is 0.0755 e. The standard InChI is InChI=1S/C53H34NP/c1-2-16-39(17-3-1)55-50-27-11-8-23-45(50)53(44-22-7-10-26-49(44)54-48-25-9-6-19-42(48)43-21-13-24-46(53)52(43)54)47-34-38(32-33-51(47)55)35-28-30-37(31-29-35)41-20-12-15-36-14-4-5-18-40(36)41/h1-34H. The molecule has 1 spiro atoms. The van der Waals surface area contributed by atoms with E-state index in [1.165, 1.54) is 98.7 Å². The van der Waals surface area contributed by atoms with E-state index in [2.05, 4.69) is 211 Å². The summed E-state index contributed by atoms with van der Waals surface area (Å²) in [5.41, 5.74) is 13.7. The van der Waals surface area contributed by atoms with Gasteiger partial charge in [0.25, 0.3) is 0 Å². The van der Waals surface area contributed by atoms with Gasteiger partial charge >= 0.3 is 0 Å². The molecule has 2 heteroatoms. The first-order chi connectivity index (χ1) is 27.3. The molecule has 0 bridgehead atoms. The Labute approximate surface area is 321 Å². The van der Waals surface area contributed by atoms with E-state index in [-0.39, 0.29) is 0 Å². The fraction of sp³-hybridized carbons (Fsp3) is 0.0189. The molecule has 0 radical (unpaired) electrons. The summed E-state index contributed by atoms with van der Waals surface area (Å²) in [4.78, 5) is 0. The minimum absolute atomic E-state index is 0.529. The average molecular weight is 716 g/mol. The minimum Gasteiger partial charge on any atom is -0.309 e. The van der Waals surface area contributed by atoms with Crippen LogP contribution in [-0.2, 0) is 5.41 Å². The largest absolute Gasteiger partial charge is 0.309 e. The third kappa shape index (κ3) is 4.22. The SMILES string of the molecule is c1ccc(P2c3ccccc3C3(c4ccccc4-n4c5ccccc5c5cccc3c54)c3cc(-c4ccc(-c5cccc6ccccc56)cc4)ccc32)cc1. The molecule has 0 saturated carbocycles. The van der Waals surface area contributed by atoms with Gasteiger partial charge < -0.3 is 4.57 Å².